The lowest BCUT2D eigenvalue weighted by molar-refractivity contribution is 0.0107. The van der Waals surface area contributed by atoms with Gasteiger partial charge in [0.25, 0.3) is 5.91 Å². The molecule has 7 nitrogen and oxygen atoms in total. The second-order valence-electron chi connectivity index (χ2n) is 8.94. The summed E-state index contributed by atoms with van der Waals surface area (Å²) in [7, 11) is -1.43. The second kappa shape index (κ2) is 10.7. The van der Waals surface area contributed by atoms with Crippen molar-refractivity contribution in [1.29, 1.82) is 0 Å². The zero-order valence-electron chi connectivity index (χ0n) is 19.2. The lowest BCUT2D eigenvalue weighted by Crippen LogP contribution is -2.34. The van der Waals surface area contributed by atoms with Gasteiger partial charge in [-0.2, -0.15) is 0 Å². The van der Waals surface area contributed by atoms with Crippen LogP contribution in [0.15, 0.2) is 28.7 Å². The molecule has 1 aliphatic carbocycles. The van der Waals surface area contributed by atoms with Crippen LogP contribution in [0.1, 0.15) is 47.4 Å². The molecule has 11 heteroatoms. The van der Waals surface area contributed by atoms with Gasteiger partial charge in [-0.15, -0.1) is 12.4 Å². The molecule has 0 aliphatic heterocycles. The number of nitrogen functional groups attached to an aromatic ring is 1. The Hall–Kier alpha value is -2.11. The van der Waals surface area contributed by atoms with E-state index in [4.69, 9.17) is 21.5 Å². The minimum atomic E-state index is -1.43. The number of aromatic nitrogens is 1. The number of fused-ring (bicyclic) bond motifs is 3. The number of carbonyl (C=O) groups excluding carboxylic acids is 1. The number of carbonyl (C=O) groups is 1. The van der Waals surface area contributed by atoms with E-state index in [1.165, 1.54) is 0 Å². The van der Waals surface area contributed by atoms with Crippen LogP contribution < -0.4 is 16.9 Å². The molecule has 3 aromatic rings. The number of H-pyrrole nitrogens is 1. The maximum Gasteiger partial charge on any atom is 0.488 e. The first kappa shape index (κ1) is 28.1. The van der Waals surface area contributed by atoms with Gasteiger partial charge in [0.2, 0.25) is 0 Å². The van der Waals surface area contributed by atoms with Crippen LogP contribution >= 0.6 is 28.3 Å². The van der Waals surface area contributed by atoms with Crippen LogP contribution in [0.2, 0.25) is 0 Å². The van der Waals surface area contributed by atoms with Crippen molar-refractivity contribution in [3.05, 3.63) is 56.9 Å². The number of hydrogen-bond acceptors (Lipinski definition) is 5. The van der Waals surface area contributed by atoms with Crippen LogP contribution in [0.5, 0.6) is 0 Å². The third kappa shape index (κ3) is 5.58. The summed E-state index contributed by atoms with van der Waals surface area (Å²) in [6, 6.07) is 6.21. The summed E-state index contributed by atoms with van der Waals surface area (Å²) in [6.45, 7) is 5.36. The number of halogens is 3. The Morgan fingerprint density at radius 2 is 1.97 bits per heavy atom. The monoisotopic (exact) mass is 555 g/mol. The molecule has 0 unspecified atom stereocenters. The predicted octanol–water partition coefficient (Wildman–Crippen LogP) is 2.72. The summed E-state index contributed by atoms with van der Waals surface area (Å²) in [5, 5.41) is 28.6. The van der Waals surface area contributed by atoms with E-state index >= 15 is 0 Å². The van der Waals surface area contributed by atoms with Gasteiger partial charge in [0.1, 0.15) is 5.82 Å². The molecule has 0 saturated heterocycles. The number of nitrogens with two attached hydrogens (primary N) is 2. The Morgan fingerprint density at radius 3 is 2.50 bits per heavy atom. The first-order valence-corrected chi connectivity index (χ1v) is 11.4. The summed E-state index contributed by atoms with van der Waals surface area (Å²) < 4.78 is 14.4. The summed E-state index contributed by atoms with van der Waals surface area (Å²) >= 11 is 3.28. The summed E-state index contributed by atoms with van der Waals surface area (Å²) in [6.07, 6.45) is 2.21. The highest BCUT2D eigenvalue weighted by Gasteiger charge is 2.33. The Bertz CT molecular complexity index is 1210. The van der Waals surface area contributed by atoms with Crippen LogP contribution in [0.4, 0.5) is 10.1 Å². The molecule has 1 aliphatic rings. The molecule has 34 heavy (non-hydrogen) atoms. The van der Waals surface area contributed by atoms with Crippen molar-refractivity contribution in [2.24, 2.45) is 11.7 Å². The van der Waals surface area contributed by atoms with E-state index in [9.17, 15) is 14.3 Å². The molecule has 8 N–H and O–H groups in total. The SMILES string of the molecule is CC(C)(O)[C@H]1CCc2c([nH]c3c(C(N)=O)cc(F)c(Br)c23)C1.Cc1c(N)cccc1B(O)O.Cl. The van der Waals surface area contributed by atoms with Crippen molar-refractivity contribution in [2.75, 3.05) is 5.73 Å². The predicted molar refractivity (Wildman–Crippen MR) is 139 cm³/mol. The minimum absolute atomic E-state index is 0. The fourth-order valence-electron chi connectivity index (χ4n) is 4.28. The fourth-order valence-corrected chi connectivity index (χ4v) is 4.83. The van der Waals surface area contributed by atoms with Gasteiger partial charge in [-0.3, -0.25) is 4.79 Å². The molecule has 1 amide bonds. The van der Waals surface area contributed by atoms with Gasteiger partial charge in [-0.1, -0.05) is 12.1 Å². The smallest absolute Gasteiger partial charge is 0.423 e. The molecule has 1 atom stereocenters. The Balaban J connectivity index is 0.000000289. The van der Waals surface area contributed by atoms with Crippen LogP contribution in [-0.2, 0) is 12.8 Å². The van der Waals surface area contributed by atoms with Crippen molar-refractivity contribution >= 4 is 63.4 Å². The minimum Gasteiger partial charge on any atom is -0.423 e. The number of aromatic amines is 1. The average Bonchev–Trinajstić information content (AvgIpc) is 3.11. The fraction of sp³-hybridized carbons (Fsp3) is 0.348. The lowest BCUT2D eigenvalue weighted by Gasteiger charge is -2.32. The molecule has 4 rings (SSSR count). The molecule has 0 saturated carbocycles. The third-order valence-electron chi connectivity index (χ3n) is 6.32. The lowest BCUT2D eigenvalue weighted by atomic mass is 9.77. The van der Waals surface area contributed by atoms with Crippen molar-refractivity contribution in [1.82, 2.24) is 4.98 Å². The van der Waals surface area contributed by atoms with E-state index < -0.39 is 24.4 Å². The number of benzene rings is 2. The van der Waals surface area contributed by atoms with Crippen LogP contribution in [0, 0.1) is 18.7 Å². The molecular formula is C23H29BBrClFN3O4. The van der Waals surface area contributed by atoms with E-state index in [1.807, 2.05) is 0 Å². The number of primary amides is 1. The zero-order valence-corrected chi connectivity index (χ0v) is 21.6. The van der Waals surface area contributed by atoms with E-state index in [1.54, 1.807) is 39.0 Å². The van der Waals surface area contributed by atoms with E-state index in [0.717, 1.165) is 35.7 Å². The number of aliphatic hydroxyl groups is 1. The highest BCUT2D eigenvalue weighted by Crippen LogP contribution is 2.40. The highest BCUT2D eigenvalue weighted by atomic mass is 79.9. The van der Waals surface area contributed by atoms with Crippen LogP contribution in [0.25, 0.3) is 10.9 Å². The molecule has 184 valence electrons. The van der Waals surface area contributed by atoms with Gasteiger partial charge >= 0.3 is 7.12 Å². The molecule has 0 fully saturated rings. The summed E-state index contributed by atoms with van der Waals surface area (Å²) in [5.41, 5.74) is 14.6. The Morgan fingerprint density at radius 1 is 1.32 bits per heavy atom. The quantitative estimate of drug-likeness (QED) is 0.217. The number of nitrogens with one attached hydrogen (secondary N) is 1. The molecule has 0 radical (unpaired) electrons. The zero-order chi connectivity index (χ0) is 24.7. The number of aryl methyl sites for hydroxylation is 1. The average molecular weight is 557 g/mol. The van der Waals surface area contributed by atoms with Gasteiger partial charge in [-0.25, -0.2) is 4.39 Å². The molecule has 0 spiro atoms. The van der Waals surface area contributed by atoms with E-state index in [2.05, 4.69) is 20.9 Å². The van der Waals surface area contributed by atoms with Gasteiger partial charge < -0.3 is 31.6 Å². The summed E-state index contributed by atoms with van der Waals surface area (Å²) in [5.74, 6) is -1.03. The number of hydrogen-bond donors (Lipinski definition) is 6. The van der Waals surface area contributed by atoms with Crippen molar-refractivity contribution in [3.63, 3.8) is 0 Å². The van der Waals surface area contributed by atoms with E-state index in [-0.39, 0.29) is 23.9 Å². The second-order valence-corrected chi connectivity index (χ2v) is 9.74. The molecule has 2 aromatic carbocycles. The van der Waals surface area contributed by atoms with E-state index in [0.29, 0.717) is 32.9 Å². The van der Waals surface area contributed by atoms with Gasteiger partial charge in [-0.05, 0) is 90.6 Å². The topological polar surface area (TPSA) is 146 Å². The van der Waals surface area contributed by atoms with Crippen molar-refractivity contribution < 1.29 is 24.3 Å². The maximum absolute atomic E-state index is 14.1. The maximum atomic E-state index is 14.1. The molecular weight excluding hydrogens is 527 g/mol. The third-order valence-corrected chi connectivity index (χ3v) is 7.09. The first-order valence-electron chi connectivity index (χ1n) is 10.6. The van der Waals surface area contributed by atoms with Gasteiger partial charge in [0.05, 0.1) is 21.2 Å². The number of amides is 1. The van der Waals surface area contributed by atoms with Gasteiger partial charge in [0.15, 0.2) is 0 Å². The van der Waals surface area contributed by atoms with Gasteiger partial charge in [0, 0.05) is 16.8 Å². The van der Waals surface area contributed by atoms with Crippen LogP contribution in [-0.4, -0.2) is 38.8 Å². The highest BCUT2D eigenvalue weighted by molar-refractivity contribution is 9.10. The molecule has 1 aromatic heterocycles. The first-order chi connectivity index (χ1) is 15.3. The molecule has 1 heterocycles. The van der Waals surface area contributed by atoms with Crippen LogP contribution in [0.3, 0.4) is 0 Å². The number of anilines is 1. The Kier molecular flexibility index (Phi) is 8.82. The molecule has 0 bridgehead atoms. The standard InChI is InChI=1S/C16H18BrFN2O2.C7H10BNO2.ClH/c1-16(2,22)7-3-4-8-11(5-7)20-14-9(15(19)21)6-10(18)13(17)12(8)14;1-5-6(8(10)11)3-2-4-7(5)9;/h6-7,20,22H,3-5H2,1-2H3,(H2,19,21);2-4,10-11H,9H2,1H3;1H/t7-;;/m0../s1. The Labute approximate surface area is 212 Å². The van der Waals surface area contributed by atoms with Crippen molar-refractivity contribution in [2.45, 2.75) is 45.6 Å². The summed E-state index contributed by atoms with van der Waals surface area (Å²) in [4.78, 5) is 14.8. The largest absolute Gasteiger partial charge is 0.488 e. The van der Waals surface area contributed by atoms with Crippen molar-refractivity contribution in [3.8, 4) is 0 Å². The number of rotatable bonds is 3. The normalized spacial score (nSPS) is 15.1.